The van der Waals surface area contributed by atoms with Crippen molar-refractivity contribution in [1.29, 1.82) is 0 Å². The van der Waals surface area contributed by atoms with E-state index in [-0.39, 0.29) is 0 Å². The molecule has 8 heteroatoms. The SMILES string of the molecule is COc1cc(Nc2ccnc3cc(OC)c(C(N)=O)cc23)cc(-n2ccnc2)c1. The number of nitrogens with zero attached hydrogens (tertiary/aromatic N) is 3. The number of fused-ring (bicyclic) bond motifs is 1. The van der Waals surface area contributed by atoms with Crippen LogP contribution in [0.25, 0.3) is 16.6 Å². The molecular weight excluding hydrogens is 370 g/mol. The van der Waals surface area contributed by atoms with Gasteiger partial charge in [0.05, 0.1) is 37.3 Å². The first kappa shape index (κ1) is 18.3. The lowest BCUT2D eigenvalue weighted by molar-refractivity contribution is 0.0997. The summed E-state index contributed by atoms with van der Waals surface area (Å²) in [4.78, 5) is 20.3. The molecule has 8 nitrogen and oxygen atoms in total. The highest BCUT2D eigenvalue weighted by atomic mass is 16.5. The van der Waals surface area contributed by atoms with Crippen LogP contribution < -0.4 is 20.5 Å². The second kappa shape index (κ2) is 7.51. The van der Waals surface area contributed by atoms with Crippen LogP contribution in [0, 0.1) is 0 Å². The fraction of sp³-hybridized carbons (Fsp3) is 0.0952. The van der Waals surface area contributed by atoms with Crippen molar-refractivity contribution in [3.63, 3.8) is 0 Å². The predicted molar refractivity (Wildman–Crippen MR) is 110 cm³/mol. The van der Waals surface area contributed by atoms with Crippen molar-refractivity contribution in [3.8, 4) is 17.2 Å². The van der Waals surface area contributed by atoms with Gasteiger partial charge in [-0.15, -0.1) is 0 Å². The van der Waals surface area contributed by atoms with Crippen molar-refractivity contribution < 1.29 is 14.3 Å². The smallest absolute Gasteiger partial charge is 0.252 e. The number of imidazole rings is 1. The fourth-order valence-electron chi connectivity index (χ4n) is 3.13. The molecule has 4 aromatic rings. The highest BCUT2D eigenvalue weighted by molar-refractivity contribution is 6.03. The van der Waals surface area contributed by atoms with Gasteiger partial charge in [-0.25, -0.2) is 4.98 Å². The molecular formula is C21H19N5O3. The van der Waals surface area contributed by atoms with Crippen LogP contribution in [-0.2, 0) is 0 Å². The standard InChI is InChI=1S/C21H19N5O3/c1-28-15-8-13(7-14(9-15)26-6-5-23-12-26)25-18-3-4-24-19-11-20(29-2)17(21(22)27)10-16(18)19/h3-12H,1-2H3,(H2,22,27)(H,24,25). The number of aromatic nitrogens is 3. The number of anilines is 2. The average molecular weight is 389 g/mol. The topological polar surface area (TPSA) is 104 Å². The summed E-state index contributed by atoms with van der Waals surface area (Å²) in [6.45, 7) is 0. The molecule has 1 amide bonds. The van der Waals surface area contributed by atoms with Crippen LogP contribution >= 0.6 is 0 Å². The quantitative estimate of drug-likeness (QED) is 0.524. The lowest BCUT2D eigenvalue weighted by atomic mass is 10.1. The van der Waals surface area contributed by atoms with Crippen LogP contribution in [0.4, 0.5) is 11.4 Å². The summed E-state index contributed by atoms with van der Waals surface area (Å²) in [6, 6.07) is 11.0. The molecule has 0 unspecified atom stereocenters. The van der Waals surface area contributed by atoms with Crippen LogP contribution in [-0.4, -0.2) is 34.7 Å². The minimum Gasteiger partial charge on any atom is -0.497 e. The van der Waals surface area contributed by atoms with Crippen LogP contribution in [0.1, 0.15) is 10.4 Å². The van der Waals surface area contributed by atoms with Gasteiger partial charge in [0.1, 0.15) is 11.5 Å². The largest absolute Gasteiger partial charge is 0.497 e. The number of primary amides is 1. The number of nitrogens with two attached hydrogens (primary N) is 1. The number of hydrogen-bond acceptors (Lipinski definition) is 6. The molecule has 2 heterocycles. The van der Waals surface area contributed by atoms with Crippen LogP contribution in [0.2, 0.25) is 0 Å². The third kappa shape index (κ3) is 3.55. The Morgan fingerprint density at radius 1 is 1.10 bits per heavy atom. The number of amides is 1. The fourth-order valence-corrected chi connectivity index (χ4v) is 3.13. The van der Waals surface area contributed by atoms with E-state index in [2.05, 4.69) is 15.3 Å². The Bertz CT molecular complexity index is 1190. The number of hydrogen-bond donors (Lipinski definition) is 2. The number of methoxy groups -OCH3 is 2. The van der Waals surface area contributed by atoms with Gasteiger partial charge in [-0.05, 0) is 18.2 Å². The molecule has 0 fully saturated rings. The third-order valence-corrected chi connectivity index (χ3v) is 4.54. The molecule has 0 saturated heterocycles. The van der Waals surface area contributed by atoms with Gasteiger partial charge in [0.15, 0.2) is 0 Å². The van der Waals surface area contributed by atoms with Crippen molar-refractivity contribution in [2.24, 2.45) is 5.73 Å². The van der Waals surface area contributed by atoms with Crippen LogP contribution in [0.15, 0.2) is 61.3 Å². The van der Waals surface area contributed by atoms with E-state index in [0.29, 0.717) is 22.6 Å². The molecule has 0 radical (unpaired) electrons. The highest BCUT2D eigenvalue weighted by Gasteiger charge is 2.14. The summed E-state index contributed by atoms with van der Waals surface area (Å²) in [5.74, 6) is 0.511. The van der Waals surface area contributed by atoms with Crippen molar-refractivity contribution in [2.75, 3.05) is 19.5 Å². The molecule has 2 aromatic carbocycles. The minimum atomic E-state index is -0.567. The zero-order chi connectivity index (χ0) is 20.4. The average Bonchev–Trinajstić information content (AvgIpc) is 3.27. The summed E-state index contributed by atoms with van der Waals surface area (Å²) in [6.07, 6.45) is 6.96. The summed E-state index contributed by atoms with van der Waals surface area (Å²) in [7, 11) is 3.10. The number of ether oxygens (including phenoxy) is 2. The molecule has 29 heavy (non-hydrogen) atoms. The number of carbonyl (C=O) groups is 1. The zero-order valence-corrected chi connectivity index (χ0v) is 15.9. The number of pyridine rings is 1. The molecule has 0 aliphatic carbocycles. The van der Waals surface area contributed by atoms with Gasteiger partial charge in [0.2, 0.25) is 0 Å². The maximum atomic E-state index is 11.8. The van der Waals surface area contributed by atoms with E-state index < -0.39 is 5.91 Å². The summed E-state index contributed by atoms with van der Waals surface area (Å²) in [5.41, 5.74) is 8.94. The molecule has 0 spiro atoms. The Morgan fingerprint density at radius 3 is 2.66 bits per heavy atom. The van der Waals surface area contributed by atoms with E-state index in [0.717, 1.165) is 22.4 Å². The van der Waals surface area contributed by atoms with Gasteiger partial charge >= 0.3 is 0 Å². The van der Waals surface area contributed by atoms with Crippen LogP contribution in [0.5, 0.6) is 11.5 Å². The van der Waals surface area contributed by atoms with Gasteiger partial charge in [-0.3, -0.25) is 9.78 Å². The molecule has 0 atom stereocenters. The summed E-state index contributed by atoms with van der Waals surface area (Å²) >= 11 is 0. The van der Waals surface area contributed by atoms with Crippen molar-refractivity contribution in [2.45, 2.75) is 0 Å². The van der Waals surface area contributed by atoms with E-state index in [1.54, 1.807) is 38.0 Å². The van der Waals surface area contributed by atoms with Gasteiger partial charge < -0.3 is 25.1 Å². The lowest BCUT2D eigenvalue weighted by Crippen LogP contribution is -2.12. The zero-order valence-electron chi connectivity index (χ0n) is 15.9. The summed E-state index contributed by atoms with van der Waals surface area (Å²) in [5, 5.41) is 4.13. The van der Waals surface area contributed by atoms with Gasteiger partial charge in [-0.1, -0.05) is 0 Å². The van der Waals surface area contributed by atoms with Gasteiger partial charge in [-0.2, -0.15) is 0 Å². The second-order valence-electron chi connectivity index (χ2n) is 6.31. The normalized spacial score (nSPS) is 10.7. The van der Waals surface area contributed by atoms with Gasteiger partial charge in [0.25, 0.3) is 5.91 Å². The summed E-state index contributed by atoms with van der Waals surface area (Å²) < 4.78 is 12.6. The first-order chi connectivity index (χ1) is 14.1. The molecule has 3 N–H and O–H groups in total. The molecule has 0 aliphatic heterocycles. The highest BCUT2D eigenvalue weighted by Crippen LogP contribution is 2.32. The number of rotatable bonds is 6. The lowest BCUT2D eigenvalue weighted by Gasteiger charge is -2.14. The van der Waals surface area contributed by atoms with Gasteiger partial charge in [0, 0.05) is 53.6 Å². The molecule has 146 valence electrons. The second-order valence-corrected chi connectivity index (χ2v) is 6.31. The number of benzene rings is 2. The molecule has 0 bridgehead atoms. The van der Waals surface area contributed by atoms with Crippen molar-refractivity contribution >= 4 is 28.2 Å². The predicted octanol–water partition coefficient (Wildman–Crippen LogP) is 3.28. The van der Waals surface area contributed by atoms with E-state index in [1.165, 1.54) is 7.11 Å². The number of nitrogens with one attached hydrogen (secondary N) is 1. The Balaban J connectivity index is 1.81. The first-order valence-corrected chi connectivity index (χ1v) is 8.80. The Kier molecular flexibility index (Phi) is 4.74. The van der Waals surface area contributed by atoms with Crippen molar-refractivity contribution in [3.05, 3.63) is 66.9 Å². The van der Waals surface area contributed by atoms with E-state index >= 15 is 0 Å². The molecule has 2 aromatic heterocycles. The Hall–Kier alpha value is -4.07. The molecule has 0 saturated carbocycles. The molecule has 4 rings (SSSR count). The third-order valence-electron chi connectivity index (χ3n) is 4.54. The first-order valence-electron chi connectivity index (χ1n) is 8.80. The minimum absolute atomic E-state index is 0.292. The number of carbonyl (C=O) groups excluding carboxylic acids is 1. The maximum Gasteiger partial charge on any atom is 0.252 e. The monoisotopic (exact) mass is 389 g/mol. The Labute approximate surface area is 166 Å². The van der Waals surface area contributed by atoms with Crippen molar-refractivity contribution in [1.82, 2.24) is 14.5 Å². The van der Waals surface area contributed by atoms with E-state index in [4.69, 9.17) is 15.2 Å². The maximum absolute atomic E-state index is 11.8. The van der Waals surface area contributed by atoms with E-state index in [1.807, 2.05) is 35.0 Å². The van der Waals surface area contributed by atoms with Crippen LogP contribution in [0.3, 0.4) is 0 Å². The molecule has 0 aliphatic rings. The van der Waals surface area contributed by atoms with E-state index in [9.17, 15) is 4.79 Å². The Morgan fingerprint density at radius 2 is 1.97 bits per heavy atom.